The molecule has 1 unspecified atom stereocenters. The predicted molar refractivity (Wildman–Crippen MR) is 111 cm³/mol. The summed E-state index contributed by atoms with van der Waals surface area (Å²) in [6, 6.07) is 17.7. The van der Waals surface area contributed by atoms with Crippen LogP contribution in [0.25, 0.3) is 11.5 Å². The molecule has 1 aliphatic heterocycles. The lowest BCUT2D eigenvalue weighted by atomic mass is 10.1. The van der Waals surface area contributed by atoms with Crippen LogP contribution in [0.2, 0.25) is 0 Å². The molecule has 1 fully saturated rings. The van der Waals surface area contributed by atoms with Crippen molar-refractivity contribution in [2.45, 2.75) is 26.3 Å². The first-order valence-electron chi connectivity index (χ1n) is 10.2. The van der Waals surface area contributed by atoms with E-state index in [1.807, 2.05) is 59.5 Å². The van der Waals surface area contributed by atoms with Gasteiger partial charge in [-0.1, -0.05) is 37.3 Å². The third-order valence-corrected chi connectivity index (χ3v) is 5.58. The summed E-state index contributed by atoms with van der Waals surface area (Å²) in [5, 5.41) is 8.44. The second kappa shape index (κ2) is 8.57. The molecule has 0 aliphatic carbocycles. The molecule has 1 aromatic heterocycles. The maximum Gasteiger partial charge on any atom is 0.253 e. The van der Waals surface area contributed by atoms with Crippen molar-refractivity contribution in [3.05, 3.63) is 71.6 Å². The topological polar surface area (TPSA) is 62.5 Å². The van der Waals surface area contributed by atoms with Crippen LogP contribution < -0.4 is 0 Å². The number of amides is 1. The first kappa shape index (κ1) is 19.3. The summed E-state index contributed by atoms with van der Waals surface area (Å²) < 4.78 is 5.91. The fourth-order valence-electron chi connectivity index (χ4n) is 3.63. The smallest absolute Gasteiger partial charge is 0.253 e. The van der Waals surface area contributed by atoms with Gasteiger partial charge in [0.25, 0.3) is 5.91 Å². The van der Waals surface area contributed by atoms with Crippen molar-refractivity contribution in [2.24, 2.45) is 0 Å². The predicted octanol–water partition coefficient (Wildman–Crippen LogP) is 3.82. The van der Waals surface area contributed by atoms with Gasteiger partial charge in [-0.15, -0.1) is 10.2 Å². The Hall–Kier alpha value is -2.99. The van der Waals surface area contributed by atoms with Crippen molar-refractivity contribution in [3.63, 3.8) is 0 Å². The second-order valence-electron chi connectivity index (χ2n) is 7.37. The van der Waals surface area contributed by atoms with Crippen LogP contribution >= 0.6 is 0 Å². The highest BCUT2D eigenvalue weighted by atomic mass is 16.4. The number of aryl methyl sites for hydroxylation is 1. The van der Waals surface area contributed by atoms with Gasteiger partial charge in [0, 0.05) is 37.3 Å². The fourth-order valence-corrected chi connectivity index (χ4v) is 3.63. The standard InChI is InChI=1S/C23H26N4O2/c1-3-18-9-11-20(12-10-18)23(28)27-15-13-26(14-16-27)17(2)21-24-25-22(29-21)19-7-5-4-6-8-19/h4-12,17H,3,13-16H2,1-2H3. The van der Waals surface area contributed by atoms with Gasteiger partial charge in [-0.2, -0.15) is 0 Å². The molecule has 1 amide bonds. The Morgan fingerprint density at radius 2 is 1.69 bits per heavy atom. The number of hydrogen-bond acceptors (Lipinski definition) is 5. The lowest BCUT2D eigenvalue weighted by Gasteiger charge is -2.36. The number of piperazine rings is 1. The maximum atomic E-state index is 12.8. The van der Waals surface area contributed by atoms with Gasteiger partial charge in [-0.25, -0.2) is 0 Å². The van der Waals surface area contributed by atoms with Gasteiger partial charge < -0.3 is 9.32 Å². The average Bonchev–Trinajstić information content (AvgIpc) is 3.29. The minimum absolute atomic E-state index is 0.0149. The lowest BCUT2D eigenvalue weighted by Crippen LogP contribution is -2.49. The summed E-state index contributed by atoms with van der Waals surface area (Å²) in [6.45, 7) is 7.13. The van der Waals surface area contributed by atoms with Crippen LogP contribution in [0.3, 0.4) is 0 Å². The molecule has 6 nitrogen and oxygen atoms in total. The third kappa shape index (κ3) is 4.22. The molecule has 2 aromatic carbocycles. The van der Waals surface area contributed by atoms with Crippen LogP contribution in [-0.4, -0.2) is 52.1 Å². The van der Waals surface area contributed by atoms with E-state index in [0.717, 1.165) is 30.6 Å². The first-order valence-corrected chi connectivity index (χ1v) is 10.2. The molecule has 150 valence electrons. The van der Waals surface area contributed by atoms with Crippen molar-refractivity contribution in [3.8, 4) is 11.5 Å². The first-order chi connectivity index (χ1) is 14.2. The van der Waals surface area contributed by atoms with E-state index in [4.69, 9.17) is 4.42 Å². The second-order valence-corrected chi connectivity index (χ2v) is 7.37. The van der Waals surface area contributed by atoms with Gasteiger partial charge in [0.05, 0.1) is 6.04 Å². The normalized spacial score (nSPS) is 16.0. The zero-order valence-electron chi connectivity index (χ0n) is 16.9. The van der Waals surface area contributed by atoms with Crippen molar-refractivity contribution in [2.75, 3.05) is 26.2 Å². The van der Waals surface area contributed by atoms with Gasteiger partial charge in [0.1, 0.15) is 0 Å². The Morgan fingerprint density at radius 3 is 2.34 bits per heavy atom. The van der Waals surface area contributed by atoms with Crippen LogP contribution in [-0.2, 0) is 6.42 Å². The third-order valence-electron chi connectivity index (χ3n) is 5.58. The number of carbonyl (C=O) groups is 1. The quantitative estimate of drug-likeness (QED) is 0.663. The van der Waals surface area contributed by atoms with E-state index in [9.17, 15) is 4.79 Å². The summed E-state index contributed by atoms with van der Waals surface area (Å²) in [5.41, 5.74) is 2.92. The van der Waals surface area contributed by atoms with Crippen molar-refractivity contribution < 1.29 is 9.21 Å². The Kier molecular flexibility index (Phi) is 5.71. The lowest BCUT2D eigenvalue weighted by molar-refractivity contribution is 0.0559. The van der Waals surface area contributed by atoms with E-state index in [0.29, 0.717) is 24.9 Å². The SMILES string of the molecule is CCc1ccc(C(=O)N2CCN(C(C)c3nnc(-c4ccccc4)o3)CC2)cc1. The molecular weight excluding hydrogens is 364 g/mol. The summed E-state index contributed by atoms with van der Waals surface area (Å²) in [6.07, 6.45) is 0.979. The van der Waals surface area contributed by atoms with E-state index in [2.05, 4.69) is 28.9 Å². The Morgan fingerprint density at radius 1 is 1.00 bits per heavy atom. The number of nitrogens with zero attached hydrogens (tertiary/aromatic N) is 4. The molecule has 0 N–H and O–H groups in total. The zero-order chi connectivity index (χ0) is 20.2. The zero-order valence-corrected chi connectivity index (χ0v) is 16.9. The summed E-state index contributed by atoms with van der Waals surface area (Å²) in [4.78, 5) is 17.0. The molecular formula is C23H26N4O2. The molecule has 1 aliphatic rings. The van der Waals surface area contributed by atoms with Crippen LogP contribution in [0.1, 0.15) is 41.7 Å². The average molecular weight is 390 g/mol. The van der Waals surface area contributed by atoms with Crippen LogP contribution in [0.5, 0.6) is 0 Å². The number of hydrogen-bond donors (Lipinski definition) is 0. The molecule has 3 aromatic rings. The van der Waals surface area contributed by atoms with E-state index in [1.165, 1.54) is 5.56 Å². The van der Waals surface area contributed by atoms with Gasteiger partial charge >= 0.3 is 0 Å². The maximum absolute atomic E-state index is 12.8. The van der Waals surface area contributed by atoms with E-state index >= 15 is 0 Å². The summed E-state index contributed by atoms with van der Waals surface area (Å²) in [7, 11) is 0. The van der Waals surface area contributed by atoms with Crippen molar-refractivity contribution >= 4 is 5.91 Å². The monoisotopic (exact) mass is 390 g/mol. The Balaban J connectivity index is 1.36. The molecule has 2 heterocycles. The summed E-state index contributed by atoms with van der Waals surface area (Å²) in [5.74, 6) is 1.25. The molecule has 0 radical (unpaired) electrons. The number of benzene rings is 2. The van der Waals surface area contributed by atoms with Crippen LogP contribution in [0.4, 0.5) is 0 Å². The highest BCUT2D eigenvalue weighted by Gasteiger charge is 2.28. The van der Waals surface area contributed by atoms with Gasteiger partial charge in [0.15, 0.2) is 0 Å². The number of aromatic nitrogens is 2. The molecule has 1 saturated heterocycles. The fraction of sp³-hybridized carbons (Fsp3) is 0.348. The highest BCUT2D eigenvalue weighted by Crippen LogP contribution is 2.25. The number of carbonyl (C=O) groups excluding carboxylic acids is 1. The van der Waals surface area contributed by atoms with Gasteiger partial charge in [0.2, 0.25) is 11.8 Å². The highest BCUT2D eigenvalue weighted by molar-refractivity contribution is 5.94. The van der Waals surface area contributed by atoms with Crippen molar-refractivity contribution in [1.29, 1.82) is 0 Å². The largest absolute Gasteiger partial charge is 0.419 e. The Labute approximate surface area is 171 Å². The minimum atomic E-state index is 0.0149. The van der Waals surface area contributed by atoms with E-state index in [1.54, 1.807) is 0 Å². The minimum Gasteiger partial charge on any atom is -0.419 e. The Bertz CT molecular complexity index is 945. The van der Waals surface area contributed by atoms with Crippen molar-refractivity contribution in [1.82, 2.24) is 20.0 Å². The molecule has 4 rings (SSSR count). The molecule has 1 atom stereocenters. The molecule has 6 heteroatoms. The molecule has 0 spiro atoms. The van der Waals surface area contributed by atoms with Gasteiger partial charge in [-0.3, -0.25) is 9.69 Å². The number of rotatable bonds is 5. The van der Waals surface area contributed by atoms with Gasteiger partial charge in [-0.05, 0) is 43.2 Å². The van der Waals surface area contributed by atoms with Crippen LogP contribution in [0.15, 0.2) is 59.0 Å². The van der Waals surface area contributed by atoms with Crippen LogP contribution in [0, 0.1) is 0 Å². The molecule has 0 bridgehead atoms. The van der Waals surface area contributed by atoms with E-state index < -0.39 is 0 Å². The van der Waals surface area contributed by atoms with E-state index in [-0.39, 0.29) is 11.9 Å². The summed E-state index contributed by atoms with van der Waals surface area (Å²) >= 11 is 0. The molecule has 29 heavy (non-hydrogen) atoms. The molecule has 0 saturated carbocycles.